The van der Waals surface area contributed by atoms with Crippen molar-refractivity contribution < 1.29 is 23.5 Å². The van der Waals surface area contributed by atoms with Gasteiger partial charge in [0.2, 0.25) is 0 Å². The molecule has 0 unspecified atom stereocenters. The zero-order chi connectivity index (χ0) is 22.9. The van der Waals surface area contributed by atoms with Crippen LogP contribution in [0.5, 0.6) is 5.75 Å². The second kappa shape index (κ2) is 11.0. The number of esters is 2. The van der Waals surface area contributed by atoms with Crippen LogP contribution in [0, 0.1) is 5.82 Å². The zero-order valence-electron chi connectivity index (χ0n) is 18.0. The number of hydrogen-bond donors (Lipinski definition) is 0. The van der Waals surface area contributed by atoms with E-state index in [-0.39, 0.29) is 11.8 Å². The van der Waals surface area contributed by atoms with Gasteiger partial charge in [-0.15, -0.1) is 0 Å². The van der Waals surface area contributed by atoms with Crippen molar-refractivity contribution in [1.82, 2.24) is 0 Å². The van der Waals surface area contributed by atoms with Gasteiger partial charge in [-0.05, 0) is 53.3 Å². The summed E-state index contributed by atoms with van der Waals surface area (Å²) in [5.74, 6) is -0.684. The molecule has 164 valence electrons. The third-order valence-electron chi connectivity index (χ3n) is 4.97. The van der Waals surface area contributed by atoms with Gasteiger partial charge in [0.15, 0.2) is 0 Å². The van der Waals surface area contributed by atoms with Crippen molar-refractivity contribution in [2.75, 3.05) is 6.61 Å². The number of rotatable bonds is 9. The molecule has 0 saturated heterocycles. The average molecular weight is 432 g/mol. The van der Waals surface area contributed by atoms with Crippen LogP contribution in [-0.2, 0) is 20.7 Å². The second-order valence-electron chi connectivity index (χ2n) is 7.22. The van der Waals surface area contributed by atoms with Gasteiger partial charge in [-0.1, -0.05) is 62.0 Å². The van der Waals surface area contributed by atoms with E-state index in [2.05, 4.69) is 6.58 Å². The van der Waals surface area contributed by atoms with E-state index < -0.39 is 5.97 Å². The largest absolute Gasteiger partial charge is 0.466 e. The maximum absolute atomic E-state index is 14.8. The molecule has 4 nitrogen and oxygen atoms in total. The van der Waals surface area contributed by atoms with Gasteiger partial charge in [-0.3, -0.25) is 4.79 Å². The Morgan fingerprint density at radius 1 is 0.938 bits per heavy atom. The maximum Gasteiger partial charge on any atom is 0.335 e. The smallest absolute Gasteiger partial charge is 0.335 e. The van der Waals surface area contributed by atoms with Gasteiger partial charge in [-0.25, -0.2) is 9.18 Å². The van der Waals surface area contributed by atoms with Crippen LogP contribution in [-0.4, -0.2) is 18.5 Å². The van der Waals surface area contributed by atoms with Crippen LogP contribution in [0.15, 0.2) is 79.4 Å². The predicted molar refractivity (Wildman–Crippen MR) is 123 cm³/mol. The van der Waals surface area contributed by atoms with Crippen LogP contribution in [0.25, 0.3) is 22.3 Å². The van der Waals surface area contributed by atoms with Crippen molar-refractivity contribution in [3.63, 3.8) is 0 Å². The average Bonchev–Trinajstić information content (AvgIpc) is 2.82. The van der Waals surface area contributed by atoms with Gasteiger partial charge in [0.05, 0.1) is 6.61 Å². The van der Waals surface area contributed by atoms with Crippen molar-refractivity contribution in [2.24, 2.45) is 0 Å². The Balaban J connectivity index is 1.65. The molecule has 0 heterocycles. The molecule has 0 N–H and O–H groups in total. The summed E-state index contributed by atoms with van der Waals surface area (Å²) < 4.78 is 25.0. The summed E-state index contributed by atoms with van der Waals surface area (Å²) in [5.41, 5.74) is 3.99. The quantitative estimate of drug-likeness (QED) is 0.176. The van der Waals surface area contributed by atoms with Crippen molar-refractivity contribution in [2.45, 2.75) is 26.2 Å². The third kappa shape index (κ3) is 6.14. The molecule has 0 amide bonds. The molecule has 32 heavy (non-hydrogen) atoms. The summed E-state index contributed by atoms with van der Waals surface area (Å²) in [4.78, 5) is 22.4. The van der Waals surface area contributed by atoms with E-state index in [4.69, 9.17) is 9.47 Å². The Morgan fingerprint density at radius 2 is 1.59 bits per heavy atom. The highest BCUT2D eigenvalue weighted by Crippen LogP contribution is 2.29. The maximum atomic E-state index is 14.8. The second-order valence-corrected chi connectivity index (χ2v) is 7.22. The normalized spacial score (nSPS) is 10.4. The van der Waals surface area contributed by atoms with Crippen molar-refractivity contribution >= 4 is 11.9 Å². The molecule has 0 saturated carbocycles. The summed E-state index contributed by atoms with van der Waals surface area (Å²) in [5, 5.41) is 0. The minimum atomic E-state index is -0.542. The number of benzene rings is 3. The fourth-order valence-corrected chi connectivity index (χ4v) is 3.22. The highest BCUT2D eigenvalue weighted by molar-refractivity contribution is 5.83. The summed E-state index contributed by atoms with van der Waals surface area (Å²) >= 11 is 0. The van der Waals surface area contributed by atoms with E-state index in [9.17, 15) is 14.0 Å². The Kier molecular flexibility index (Phi) is 7.92. The highest BCUT2D eigenvalue weighted by atomic mass is 19.1. The van der Waals surface area contributed by atoms with Crippen LogP contribution in [0.2, 0.25) is 0 Å². The van der Waals surface area contributed by atoms with E-state index in [0.29, 0.717) is 29.9 Å². The molecule has 3 aromatic carbocycles. The molecular weight excluding hydrogens is 407 g/mol. The van der Waals surface area contributed by atoms with E-state index in [0.717, 1.165) is 35.6 Å². The van der Waals surface area contributed by atoms with Gasteiger partial charge in [-0.2, -0.15) is 0 Å². The molecule has 0 spiro atoms. The monoisotopic (exact) mass is 432 g/mol. The first kappa shape index (κ1) is 22.9. The van der Waals surface area contributed by atoms with Gasteiger partial charge >= 0.3 is 11.9 Å². The fraction of sp³-hybridized carbons (Fsp3) is 0.185. The third-order valence-corrected chi connectivity index (χ3v) is 4.97. The van der Waals surface area contributed by atoms with Gasteiger partial charge in [0.1, 0.15) is 11.6 Å². The molecule has 0 atom stereocenters. The zero-order valence-corrected chi connectivity index (χ0v) is 18.0. The lowest BCUT2D eigenvalue weighted by atomic mass is 9.98. The summed E-state index contributed by atoms with van der Waals surface area (Å²) in [6.45, 7) is 5.55. The number of aryl methyl sites for hydroxylation is 1. The minimum Gasteiger partial charge on any atom is -0.466 e. The molecule has 5 heteroatoms. The van der Waals surface area contributed by atoms with Gasteiger partial charge in [0, 0.05) is 18.1 Å². The first-order valence-electron chi connectivity index (χ1n) is 10.5. The Labute approximate surface area is 187 Å². The van der Waals surface area contributed by atoms with E-state index in [1.165, 1.54) is 6.07 Å². The summed E-state index contributed by atoms with van der Waals surface area (Å²) in [7, 11) is 0. The van der Waals surface area contributed by atoms with Crippen molar-refractivity contribution in [3.05, 3.63) is 90.8 Å². The molecule has 0 fully saturated rings. The summed E-state index contributed by atoms with van der Waals surface area (Å²) in [6, 6.07) is 19.7. The highest BCUT2D eigenvalue weighted by Gasteiger charge is 2.09. The van der Waals surface area contributed by atoms with Crippen LogP contribution in [0.1, 0.15) is 25.3 Å². The van der Waals surface area contributed by atoms with Gasteiger partial charge < -0.3 is 9.47 Å². The lowest BCUT2D eigenvalue weighted by Gasteiger charge is -2.09. The number of ether oxygens (including phenoxy) is 2. The molecule has 0 bridgehead atoms. The molecule has 0 aliphatic rings. The molecule has 0 aliphatic carbocycles. The molecule has 0 aliphatic heterocycles. The lowest BCUT2D eigenvalue weighted by Crippen LogP contribution is -2.04. The standard InChI is InChI=1S/C27H25FO4/c1-3-26(29)31-17-5-6-19-7-9-20(10-8-19)22-13-16-24(25(28)18-22)21-11-14-23(15-12-21)32-27(30)4-2/h4,7-16,18H,2-3,5-6,17H2,1H3. The Bertz CT molecular complexity index is 1090. The first-order valence-corrected chi connectivity index (χ1v) is 10.5. The van der Waals surface area contributed by atoms with Crippen LogP contribution < -0.4 is 4.74 Å². The van der Waals surface area contributed by atoms with Crippen LogP contribution in [0.4, 0.5) is 4.39 Å². The van der Waals surface area contributed by atoms with E-state index in [1.807, 2.05) is 30.3 Å². The number of carbonyl (C=O) groups excluding carboxylic acids is 2. The SMILES string of the molecule is C=CC(=O)Oc1ccc(-c2ccc(-c3ccc(CCCOC(=O)CC)cc3)cc2F)cc1. The summed E-state index contributed by atoms with van der Waals surface area (Å²) in [6.07, 6.45) is 3.05. The van der Waals surface area contributed by atoms with E-state index in [1.54, 1.807) is 37.3 Å². The molecule has 0 aromatic heterocycles. The topological polar surface area (TPSA) is 52.6 Å². The van der Waals surface area contributed by atoms with Crippen LogP contribution in [0.3, 0.4) is 0 Å². The number of carbonyl (C=O) groups is 2. The minimum absolute atomic E-state index is 0.183. The number of halogens is 1. The van der Waals surface area contributed by atoms with Gasteiger partial charge in [0.25, 0.3) is 0 Å². The molecule has 0 radical (unpaired) electrons. The molecule has 3 aromatic rings. The van der Waals surface area contributed by atoms with Crippen LogP contribution >= 0.6 is 0 Å². The lowest BCUT2D eigenvalue weighted by molar-refractivity contribution is -0.143. The molecular formula is C27H25FO4. The van der Waals surface area contributed by atoms with Crippen molar-refractivity contribution in [1.29, 1.82) is 0 Å². The van der Waals surface area contributed by atoms with E-state index >= 15 is 0 Å². The first-order chi connectivity index (χ1) is 15.5. The molecule has 3 rings (SSSR count). The number of hydrogen-bond acceptors (Lipinski definition) is 4. The van der Waals surface area contributed by atoms with Crippen molar-refractivity contribution in [3.8, 4) is 28.0 Å². The Hall–Kier alpha value is -3.73. The predicted octanol–water partition coefficient (Wildman–Crippen LogP) is 6.14. The fourth-order valence-electron chi connectivity index (χ4n) is 3.22. The Morgan fingerprint density at radius 3 is 2.22 bits per heavy atom.